The molecule has 0 aliphatic carbocycles. The minimum atomic E-state index is -3.68. The fraction of sp³-hybridized carbons (Fsp3) is 0.0625. The zero-order valence-corrected chi connectivity index (χ0v) is 13.9. The van der Waals surface area contributed by atoms with Crippen molar-refractivity contribution in [3.8, 4) is 16.9 Å². The first kappa shape index (κ1) is 16.5. The molecule has 0 bridgehead atoms. The molecule has 0 saturated carbocycles. The van der Waals surface area contributed by atoms with Crippen LogP contribution in [-0.4, -0.2) is 19.2 Å². The highest BCUT2D eigenvalue weighted by Crippen LogP contribution is 2.26. The molecule has 24 heavy (non-hydrogen) atoms. The van der Waals surface area contributed by atoms with E-state index in [1.807, 2.05) is 0 Å². The quantitative estimate of drug-likeness (QED) is 0.712. The average Bonchev–Trinajstić information content (AvgIpc) is 2.87. The number of nitrogens with zero attached hydrogens (tertiary/aromatic N) is 1. The van der Waals surface area contributed by atoms with E-state index in [4.69, 9.17) is 16.0 Å². The number of halogens is 2. The highest BCUT2D eigenvalue weighted by molar-refractivity contribution is 7.90. The lowest BCUT2D eigenvalue weighted by Crippen LogP contribution is -2.13. The monoisotopic (exact) mass is 367 g/mol. The molecule has 0 atom stereocenters. The van der Waals surface area contributed by atoms with Gasteiger partial charge in [0.1, 0.15) is 17.0 Å². The van der Waals surface area contributed by atoms with Gasteiger partial charge in [-0.2, -0.15) is 0 Å². The van der Waals surface area contributed by atoms with E-state index in [0.717, 1.165) is 18.4 Å². The molecule has 5 nitrogen and oxygen atoms in total. The standard InChI is InChI=1S/C16H11ClFNO4S/c1-24(21,22)15-6-5-10(7-13(15)18)14-9-23-16(20)19(14)12-4-2-3-11(17)8-12/h2-9H,1H3. The van der Waals surface area contributed by atoms with Crippen molar-refractivity contribution in [3.05, 3.63) is 70.1 Å². The molecule has 0 amide bonds. The molecule has 0 fully saturated rings. The summed E-state index contributed by atoms with van der Waals surface area (Å²) in [5, 5.41) is 0.421. The number of benzene rings is 2. The molecule has 3 rings (SSSR count). The number of sulfone groups is 1. The number of hydrogen-bond acceptors (Lipinski definition) is 4. The van der Waals surface area contributed by atoms with Gasteiger partial charge in [0.15, 0.2) is 9.84 Å². The van der Waals surface area contributed by atoms with E-state index in [1.54, 1.807) is 24.3 Å². The van der Waals surface area contributed by atoms with Gasteiger partial charge in [-0.1, -0.05) is 23.7 Å². The number of aromatic nitrogens is 1. The fourth-order valence-corrected chi connectivity index (χ4v) is 3.24. The van der Waals surface area contributed by atoms with E-state index in [-0.39, 0.29) is 5.69 Å². The largest absolute Gasteiger partial charge is 0.424 e. The SMILES string of the molecule is CS(=O)(=O)c1ccc(-c2coc(=O)n2-c2cccc(Cl)c2)cc1F. The van der Waals surface area contributed by atoms with Gasteiger partial charge < -0.3 is 4.42 Å². The van der Waals surface area contributed by atoms with E-state index < -0.39 is 26.3 Å². The lowest BCUT2D eigenvalue weighted by Gasteiger charge is -2.08. The van der Waals surface area contributed by atoms with Gasteiger partial charge in [-0.25, -0.2) is 22.2 Å². The third-order valence-corrected chi connectivity index (χ3v) is 4.75. The van der Waals surface area contributed by atoms with Gasteiger partial charge in [0.2, 0.25) is 0 Å². The van der Waals surface area contributed by atoms with E-state index in [1.165, 1.54) is 16.9 Å². The summed E-state index contributed by atoms with van der Waals surface area (Å²) in [4.78, 5) is 11.6. The Kier molecular flexibility index (Phi) is 4.06. The molecule has 1 heterocycles. The lowest BCUT2D eigenvalue weighted by molar-refractivity contribution is 0.504. The fourth-order valence-electron chi connectivity index (χ4n) is 2.33. The second-order valence-electron chi connectivity index (χ2n) is 5.12. The van der Waals surface area contributed by atoms with Crippen molar-refractivity contribution in [1.82, 2.24) is 4.57 Å². The Hall–Kier alpha value is -2.38. The molecule has 1 aromatic heterocycles. The molecular weight excluding hydrogens is 357 g/mol. The van der Waals surface area contributed by atoms with Crippen molar-refractivity contribution >= 4 is 21.4 Å². The zero-order valence-electron chi connectivity index (χ0n) is 12.4. The first-order valence-electron chi connectivity index (χ1n) is 6.74. The zero-order chi connectivity index (χ0) is 17.5. The smallest absolute Gasteiger partial charge is 0.415 e. The normalized spacial score (nSPS) is 11.6. The second-order valence-corrected chi connectivity index (χ2v) is 7.54. The Morgan fingerprint density at radius 1 is 1.17 bits per heavy atom. The van der Waals surface area contributed by atoms with Crippen molar-refractivity contribution in [3.63, 3.8) is 0 Å². The van der Waals surface area contributed by atoms with Crippen molar-refractivity contribution < 1.29 is 17.2 Å². The molecule has 0 aliphatic rings. The van der Waals surface area contributed by atoms with Crippen LogP contribution in [0, 0.1) is 5.82 Å². The molecule has 124 valence electrons. The molecule has 0 aliphatic heterocycles. The van der Waals surface area contributed by atoms with Crippen molar-refractivity contribution in [2.75, 3.05) is 6.26 Å². The molecule has 0 unspecified atom stereocenters. The highest BCUT2D eigenvalue weighted by Gasteiger charge is 2.18. The maximum atomic E-state index is 14.1. The summed E-state index contributed by atoms with van der Waals surface area (Å²) in [7, 11) is -3.68. The average molecular weight is 368 g/mol. The molecule has 0 radical (unpaired) electrons. The van der Waals surface area contributed by atoms with Gasteiger partial charge in [0.05, 0.1) is 11.4 Å². The third kappa shape index (κ3) is 3.00. The predicted octanol–water partition coefficient (Wildman–Crippen LogP) is 3.29. The van der Waals surface area contributed by atoms with Gasteiger partial charge in [0, 0.05) is 16.8 Å². The van der Waals surface area contributed by atoms with Crippen molar-refractivity contribution in [2.45, 2.75) is 4.90 Å². The van der Waals surface area contributed by atoms with Crippen LogP contribution in [0.5, 0.6) is 0 Å². The third-order valence-electron chi connectivity index (χ3n) is 3.39. The molecule has 0 saturated heterocycles. The van der Waals surface area contributed by atoms with Gasteiger partial charge in [-0.15, -0.1) is 0 Å². The van der Waals surface area contributed by atoms with E-state index in [2.05, 4.69) is 0 Å². The molecule has 3 aromatic rings. The van der Waals surface area contributed by atoms with Gasteiger partial charge in [-0.3, -0.25) is 0 Å². The molecular formula is C16H11ClFNO4S. The Balaban J connectivity index is 2.19. The van der Waals surface area contributed by atoms with E-state index >= 15 is 0 Å². The van der Waals surface area contributed by atoms with Crippen LogP contribution in [0.4, 0.5) is 4.39 Å². The Morgan fingerprint density at radius 2 is 1.92 bits per heavy atom. The first-order chi connectivity index (χ1) is 11.3. The summed E-state index contributed by atoms with van der Waals surface area (Å²) in [5.41, 5.74) is 1.02. The number of rotatable bonds is 3. The Labute approximate surface area is 141 Å². The summed E-state index contributed by atoms with van der Waals surface area (Å²) >= 11 is 5.94. The topological polar surface area (TPSA) is 69.3 Å². The van der Waals surface area contributed by atoms with Gasteiger partial charge in [0.25, 0.3) is 0 Å². The Bertz CT molecular complexity index is 1090. The van der Waals surface area contributed by atoms with Gasteiger partial charge >= 0.3 is 5.76 Å². The summed E-state index contributed by atoms with van der Waals surface area (Å²) < 4.78 is 43.3. The summed E-state index contributed by atoms with van der Waals surface area (Å²) in [5.74, 6) is -1.57. The van der Waals surface area contributed by atoms with Crippen LogP contribution < -0.4 is 5.76 Å². The van der Waals surface area contributed by atoms with Crippen LogP contribution in [0.15, 0.2) is 62.8 Å². The maximum Gasteiger partial charge on any atom is 0.424 e. The Morgan fingerprint density at radius 3 is 2.54 bits per heavy atom. The molecule has 2 aromatic carbocycles. The predicted molar refractivity (Wildman–Crippen MR) is 87.8 cm³/mol. The van der Waals surface area contributed by atoms with E-state index in [0.29, 0.717) is 16.3 Å². The van der Waals surface area contributed by atoms with Crippen LogP contribution >= 0.6 is 11.6 Å². The first-order valence-corrected chi connectivity index (χ1v) is 9.01. The maximum absolute atomic E-state index is 14.1. The summed E-state index contributed by atoms with van der Waals surface area (Å²) in [6, 6.07) is 10.1. The van der Waals surface area contributed by atoms with Crippen molar-refractivity contribution in [2.24, 2.45) is 0 Å². The second kappa shape index (κ2) is 5.92. The molecule has 0 N–H and O–H groups in total. The van der Waals surface area contributed by atoms with Crippen LogP contribution in [0.2, 0.25) is 5.02 Å². The number of hydrogen-bond donors (Lipinski definition) is 0. The molecule has 0 spiro atoms. The van der Waals surface area contributed by atoms with Gasteiger partial charge in [-0.05, 0) is 30.3 Å². The molecule has 8 heteroatoms. The minimum Gasteiger partial charge on any atom is -0.415 e. The minimum absolute atomic E-state index is 0.279. The van der Waals surface area contributed by atoms with E-state index in [9.17, 15) is 17.6 Å². The summed E-state index contributed by atoms with van der Waals surface area (Å²) in [6.45, 7) is 0. The lowest BCUT2D eigenvalue weighted by atomic mass is 10.1. The number of oxazole rings is 1. The van der Waals surface area contributed by atoms with Crippen LogP contribution in [-0.2, 0) is 9.84 Å². The summed E-state index contributed by atoms with van der Waals surface area (Å²) in [6.07, 6.45) is 2.10. The van der Waals surface area contributed by atoms with Crippen LogP contribution in [0.1, 0.15) is 0 Å². The van der Waals surface area contributed by atoms with Crippen LogP contribution in [0.25, 0.3) is 16.9 Å². The van der Waals surface area contributed by atoms with Crippen LogP contribution in [0.3, 0.4) is 0 Å². The highest BCUT2D eigenvalue weighted by atomic mass is 35.5. The van der Waals surface area contributed by atoms with Crippen molar-refractivity contribution in [1.29, 1.82) is 0 Å².